The Kier molecular flexibility index (Phi) is 2.32. The first-order valence-electron chi connectivity index (χ1n) is 5.57. The van der Waals surface area contributed by atoms with Crippen molar-refractivity contribution in [3.8, 4) is 6.07 Å². The number of nitriles is 1. The van der Waals surface area contributed by atoms with Crippen LogP contribution in [0.25, 0.3) is 10.9 Å². The van der Waals surface area contributed by atoms with Gasteiger partial charge in [0.15, 0.2) is 0 Å². The van der Waals surface area contributed by atoms with Crippen LogP contribution in [0.3, 0.4) is 0 Å². The highest BCUT2D eigenvalue weighted by Crippen LogP contribution is 2.17. The van der Waals surface area contributed by atoms with Gasteiger partial charge in [-0.15, -0.1) is 0 Å². The summed E-state index contributed by atoms with van der Waals surface area (Å²) in [6.07, 6.45) is 1.27. The number of benzene rings is 1. The Labute approximate surface area is 108 Å². The maximum Gasteiger partial charge on any atom is 0.296 e. The molecule has 0 radical (unpaired) electrons. The molecule has 6 nitrogen and oxygen atoms in total. The zero-order chi connectivity index (χ0) is 13.4. The SMILES string of the molecule is N#Cc1cnn(C(=O)c2cc3ccccc3[nH]2)c1N. The number of rotatable bonds is 1. The molecule has 1 aromatic carbocycles. The van der Waals surface area contributed by atoms with Crippen LogP contribution in [-0.4, -0.2) is 20.7 Å². The zero-order valence-electron chi connectivity index (χ0n) is 9.79. The van der Waals surface area contributed by atoms with Gasteiger partial charge in [-0.3, -0.25) is 4.79 Å². The van der Waals surface area contributed by atoms with Crippen LogP contribution in [0.15, 0.2) is 36.5 Å². The molecular weight excluding hydrogens is 242 g/mol. The fourth-order valence-corrected chi connectivity index (χ4v) is 1.91. The van der Waals surface area contributed by atoms with Crippen molar-refractivity contribution in [1.82, 2.24) is 14.8 Å². The molecule has 0 aliphatic carbocycles. The van der Waals surface area contributed by atoms with E-state index in [0.717, 1.165) is 15.6 Å². The second-order valence-corrected chi connectivity index (χ2v) is 4.04. The molecule has 6 heteroatoms. The van der Waals surface area contributed by atoms with Crippen molar-refractivity contribution < 1.29 is 4.79 Å². The fourth-order valence-electron chi connectivity index (χ4n) is 1.91. The van der Waals surface area contributed by atoms with Crippen LogP contribution in [0.1, 0.15) is 16.1 Å². The van der Waals surface area contributed by atoms with Gasteiger partial charge < -0.3 is 10.7 Å². The minimum Gasteiger partial charge on any atom is -0.382 e. The van der Waals surface area contributed by atoms with Crippen molar-refractivity contribution in [2.75, 3.05) is 5.73 Å². The highest BCUT2D eigenvalue weighted by Gasteiger charge is 2.17. The molecule has 0 amide bonds. The standard InChI is InChI=1S/C13H9N5O/c14-6-9-7-16-18(12(9)15)13(19)11-5-8-3-1-2-4-10(8)17-11/h1-5,7,17H,15H2. The number of para-hydroxylation sites is 1. The number of anilines is 1. The normalized spacial score (nSPS) is 10.5. The smallest absolute Gasteiger partial charge is 0.296 e. The van der Waals surface area contributed by atoms with E-state index in [1.54, 1.807) is 6.07 Å². The summed E-state index contributed by atoms with van der Waals surface area (Å²) in [7, 11) is 0. The van der Waals surface area contributed by atoms with E-state index >= 15 is 0 Å². The van der Waals surface area contributed by atoms with E-state index in [-0.39, 0.29) is 11.4 Å². The van der Waals surface area contributed by atoms with E-state index in [1.165, 1.54) is 6.20 Å². The van der Waals surface area contributed by atoms with Gasteiger partial charge in [0.25, 0.3) is 5.91 Å². The molecule has 3 N–H and O–H groups in total. The van der Waals surface area contributed by atoms with Crippen molar-refractivity contribution in [2.45, 2.75) is 0 Å². The van der Waals surface area contributed by atoms with Crippen LogP contribution < -0.4 is 5.73 Å². The predicted molar refractivity (Wildman–Crippen MR) is 69.4 cm³/mol. The number of fused-ring (bicyclic) bond motifs is 1. The number of carbonyl (C=O) groups is 1. The maximum atomic E-state index is 12.2. The van der Waals surface area contributed by atoms with Gasteiger partial charge in [0.05, 0.1) is 6.20 Å². The Morgan fingerprint density at radius 1 is 1.42 bits per heavy atom. The number of hydrogen-bond acceptors (Lipinski definition) is 4. The molecule has 0 spiro atoms. The summed E-state index contributed by atoms with van der Waals surface area (Å²) in [6.45, 7) is 0. The Morgan fingerprint density at radius 3 is 2.89 bits per heavy atom. The van der Waals surface area contributed by atoms with Gasteiger partial charge in [0.1, 0.15) is 23.1 Å². The van der Waals surface area contributed by atoms with E-state index in [1.807, 2.05) is 30.3 Å². The van der Waals surface area contributed by atoms with Crippen LogP contribution in [0.4, 0.5) is 5.82 Å². The number of nitrogens with one attached hydrogen (secondary N) is 1. The highest BCUT2D eigenvalue weighted by atomic mass is 16.2. The Hall–Kier alpha value is -3.07. The molecule has 2 aromatic heterocycles. The van der Waals surface area contributed by atoms with Crippen molar-refractivity contribution >= 4 is 22.6 Å². The Morgan fingerprint density at radius 2 is 2.21 bits per heavy atom. The van der Waals surface area contributed by atoms with E-state index < -0.39 is 5.91 Å². The van der Waals surface area contributed by atoms with Gasteiger partial charge in [-0.25, -0.2) is 0 Å². The topological polar surface area (TPSA) is 100 Å². The number of aromatic amines is 1. The number of aromatic nitrogens is 3. The van der Waals surface area contributed by atoms with Gasteiger partial charge >= 0.3 is 0 Å². The predicted octanol–water partition coefficient (Wildman–Crippen LogP) is 1.51. The van der Waals surface area contributed by atoms with Crippen LogP contribution in [-0.2, 0) is 0 Å². The average molecular weight is 251 g/mol. The molecular formula is C13H9N5O. The summed E-state index contributed by atoms with van der Waals surface area (Å²) in [4.78, 5) is 15.2. The van der Waals surface area contributed by atoms with Gasteiger partial charge in [0.2, 0.25) is 0 Å². The molecule has 0 saturated heterocycles. The maximum absolute atomic E-state index is 12.2. The Bertz CT molecular complexity index is 788. The van der Waals surface area contributed by atoms with Crippen molar-refractivity contribution in [3.05, 3.63) is 47.8 Å². The summed E-state index contributed by atoms with van der Waals surface area (Å²) in [5.74, 6) is -0.346. The van der Waals surface area contributed by atoms with Crippen molar-refractivity contribution in [1.29, 1.82) is 5.26 Å². The third-order valence-corrected chi connectivity index (χ3v) is 2.88. The molecule has 0 bridgehead atoms. The van der Waals surface area contributed by atoms with Crippen LogP contribution >= 0.6 is 0 Å². The van der Waals surface area contributed by atoms with Crippen LogP contribution in [0, 0.1) is 11.3 Å². The lowest BCUT2D eigenvalue weighted by atomic mass is 10.2. The largest absolute Gasteiger partial charge is 0.382 e. The number of carbonyl (C=O) groups excluding carboxylic acids is 1. The molecule has 3 rings (SSSR count). The summed E-state index contributed by atoms with van der Waals surface area (Å²) in [6, 6.07) is 11.1. The molecule has 0 saturated carbocycles. The molecule has 0 fully saturated rings. The minimum atomic E-state index is -0.393. The second-order valence-electron chi connectivity index (χ2n) is 4.04. The molecule has 0 aliphatic rings. The first-order chi connectivity index (χ1) is 9.20. The number of hydrogen-bond donors (Lipinski definition) is 2. The first kappa shape index (κ1) is 11.0. The zero-order valence-corrected chi connectivity index (χ0v) is 9.79. The van der Waals surface area contributed by atoms with Crippen molar-refractivity contribution in [3.63, 3.8) is 0 Å². The van der Waals surface area contributed by atoms with E-state index in [4.69, 9.17) is 11.0 Å². The van der Waals surface area contributed by atoms with Gasteiger partial charge in [-0.2, -0.15) is 15.0 Å². The lowest BCUT2D eigenvalue weighted by Crippen LogP contribution is -2.16. The molecule has 2 heterocycles. The second kappa shape index (κ2) is 3.99. The third-order valence-electron chi connectivity index (χ3n) is 2.88. The summed E-state index contributed by atoms with van der Waals surface area (Å²) in [5, 5.41) is 13.6. The Balaban J connectivity index is 2.08. The molecule has 0 aliphatic heterocycles. The van der Waals surface area contributed by atoms with E-state index in [9.17, 15) is 4.79 Å². The van der Waals surface area contributed by atoms with Gasteiger partial charge in [0, 0.05) is 10.9 Å². The van der Waals surface area contributed by atoms with Crippen molar-refractivity contribution in [2.24, 2.45) is 0 Å². The number of nitrogen functional groups attached to an aromatic ring is 1. The monoisotopic (exact) mass is 251 g/mol. The summed E-state index contributed by atoms with van der Waals surface area (Å²) >= 11 is 0. The quantitative estimate of drug-likeness (QED) is 0.684. The molecule has 92 valence electrons. The van der Waals surface area contributed by atoms with Gasteiger partial charge in [-0.05, 0) is 12.1 Å². The van der Waals surface area contributed by atoms with E-state index in [2.05, 4.69) is 10.1 Å². The molecule has 3 aromatic rings. The summed E-state index contributed by atoms with van der Waals surface area (Å²) in [5.41, 5.74) is 7.11. The number of nitrogens with zero attached hydrogens (tertiary/aromatic N) is 3. The van der Waals surface area contributed by atoms with Crippen LogP contribution in [0.5, 0.6) is 0 Å². The van der Waals surface area contributed by atoms with Crippen LogP contribution in [0.2, 0.25) is 0 Å². The van der Waals surface area contributed by atoms with E-state index in [0.29, 0.717) is 5.69 Å². The number of nitrogens with two attached hydrogens (primary N) is 1. The minimum absolute atomic E-state index is 0.0474. The fraction of sp³-hybridized carbons (Fsp3) is 0. The summed E-state index contributed by atoms with van der Waals surface area (Å²) < 4.78 is 1.02. The molecule has 0 atom stereocenters. The third kappa shape index (κ3) is 1.65. The first-order valence-corrected chi connectivity index (χ1v) is 5.57. The molecule has 0 unspecified atom stereocenters. The lowest BCUT2D eigenvalue weighted by molar-refractivity contribution is 0.0944. The lowest BCUT2D eigenvalue weighted by Gasteiger charge is -1.99. The molecule has 19 heavy (non-hydrogen) atoms. The number of H-pyrrole nitrogens is 1. The van der Waals surface area contributed by atoms with Gasteiger partial charge in [-0.1, -0.05) is 18.2 Å². The average Bonchev–Trinajstić information content (AvgIpc) is 3.01. The highest BCUT2D eigenvalue weighted by molar-refractivity contribution is 6.00.